The molecule has 0 fully saturated rings. The van der Waals surface area contributed by atoms with Crippen molar-refractivity contribution in [1.82, 2.24) is 15.1 Å². The molecular formula is C12H13N3O. The lowest BCUT2D eigenvalue weighted by Gasteiger charge is -2.05. The van der Waals surface area contributed by atoms with E-state index in [1.165, 1.54) is 10.2 Å². The van der Waals surface area contributed by atoms with Crippen molar-refractivity contribution in [2.24, 2.45) is 0 Å². The number of hydrogen-bond donors (Lipinski definition) is 1. The number of carbonyl (C=O) groups is 1. The highest BCUT2D eigenvalue weighted by molar-refractivity contribution is 5.75. The normalized spacial score (nSPS) is 10.1. The quantitative estimate of drug-likeness (QED) is 0.832. The first-order chi connectivity index (χ1) is 7.75. The van der Waals surface area contributed by atoms with Crippen molar-refractivity contribution in [2.45, 2.75) is 13.5 Å². The Morgan fingerprint density at radius 3 is 3.00 bits per heavy atom. The van der Waals surface area contributed by atoms with E-state index in [1.54, 1.807) is 18.5 Å². The van der Waals surface area contributed by atoms with Crippen molar-refractivity contribution < 1.29 is 4.79 Å². The van der Waals surface area contributed by atoms with Crippen LogP contribution in [0.3, 0.4) is 0 Å². The Kier molecular flexibility index (Phi) is 3.00. The lowest BCUT2D eigenvalue weighted by atomic mass is 10.1. The predicted molar refractivity (Wildman–Crippen MR) is 61.0 cm³/mol. The molecule has 1 amide bonds. The fourth-order valence-electron chi connectivity index (χ4n) is 1.47. The molecule has 1 aromatic heterocycles. The maximum absolute atomic E-state index is 11.6. The third kappa shape index (κ3) is 2.48. The second-order valence-corrected chi connectivity index (χ2v) is 3.60. The number of rotatable bonds is 2. The minimum atomic E-state index is -0.216. The molecule has 1 N–H and O–H groups in total. The molecule has 1 heterocycles. The summed E-state index contributed by atoms with van der Waals surface area (Å²) >= 11 is 0. The highest BCUT2D eigenvalue weighted by Gasteiger charge is 2.02. The molecule has 2 aromatic rings. The zero-order valence-corrected chi connectivity index (χ0v) is 9.05. The van der Waals surface area contributed by atoms with Crippen LogP contribution >= 0.6 is 0 Å². The molecule has 0 atom stereocenters. The van der Waals surface area contributed by atoms with Crippen LogP contribution in [0.1, 0.15) is 11.1 Å². The molecule has 0 spiro atoms. The van der Waals surface area contributed by atoms with Crippen LogP contribution in [0.5, 0.6) is 0 Å². The second kappa shape index (κ2) is 4.61. The summed E-state index contributed by atoms with van der Waals surface area (Å²) in [5.74, 6) is 0. The summed E-state index contributed by atoms with van der Waals surface area (Å²) in [4.78, 5) is 11.6. The first kappa shape index (κ1) is 10.4. The molecule has 0 aliphatic rings. The summed E-state index contributed by atoms with van der Waals surface area (Å²) in [5, 5.41) is 6.64. The van der Waals surface area contributed by atoms with Gasteiger partial charge in [-0.25, -0.2) is 4.79 Å². The Bertz CT molecular complexity index is 477. The van der Waals surface area contributed by atoms with Gasteiger partial charge in [-0.05, 0) is 18.6 Å². The molecular weight excluding hydrogens is 202 g/mol. The van der Waals surface area contributed by atoms with Gasteiger partial charge in [0.1, 0.15) is 0 Å². The molecule has 0 saturated carbocycles. The van der Waals surface area contributed by atoms with E-state index >= 15 is 0 Å². The van der Waals surface area contributed by atoms with Crippen LogP contribution in [0, 0.1) is 6.92 Å². The van der Waals surface area contributed by atoms with Crippen molar-refractivity contribution in [3.8, 4) is 0 Å². The van der Waals surface area contributed by atoms with Gasteiger partial charge in [0.05, 0.1) is 0 Å². The van der Waals surface area contributed by atoms with Crippen LogP contribution in [-0.2, 0) is 6.54 Å². The number of aromatic nitrogens is 2. The van der Waals surface area contributed by atoms with Gasteiger partial charge in [0, 0.05) is 18.9 Å². The molecule has 16 heavy (non-hydrogen) atoms. The number of aryl methyl sites for hydroxylation is 1. The maximum Gasteiger partial charge on any atom is 0.342 e. The van der Waals surface area contributed by atoms with Gasteiger partial charge >= 0.3 is 6.03 Å². The molecule has 0 unspecified atom stereocenters. The van der Waals surface area contributed by atoms with Crippen molar-refractivity contribution >= 4 is 6.03 Å². The third-order valence-electron chi connectivity index (χ3n) is 2.24. The van der Waals surface area contributed by atoms with E-state index in [9.17, 15) is 4.79 Å². The molecule has 0 aliphatic heterocycles. The fourth-order valence-corrected chi connectivity index (χ4v) is 1.47. The van der Waals surface area contributed by atoms with Crippen LogP contribution < -0.4 is 5.32 Å². The number of amides is 1. The number of nitrogens with one attached hydrogen (secondary N) is 1. The van der Waals surface area contributed by atoms with Crippen LogP contribution in [0.4, 0.5) is 4.79 Å². The molecule has 0 radical (unpaired) electrons. The summed E-state index contributed by atoms with van der Waals surface area (Å²) in [6, 6.07) is 9.53. The van der Waals surface area contributed by atoms with Gasteiger partial charge in [-0.15, -0.1) is 0 Å². The van der Waals surface area contributed by atoms with Crippen molar-refractivity contribution in [2.75, 3.05) is 0 Å². The summed E-state index contributed by atoms with van der Waals surface area (Å²) in [5.41, 5.74) is 2.27. The first-order valence-corrected chi connectivity index (χ1v) is 5.09. The molecule has 4 heteroatoms. The zero-order valence-electron chi connectivity index (χ0n) is 9.05. The van der Waals surface area contributed by atoms with Gasteiger partial charge in [0.25, 0.3) is 0 Å². The molecule has 0 saturated heterocycles. The van der Waals surface area contributed by atoms with E-state index in [0.717, 1.165) is 5.56 Å². The van der Waals surface area contributed by atoms with Gasteiger partial charge in [-0.1, -0.05) is 29.8 Å². The summed E-state index contributed by atoms with van der Waals surface area (Å²) in [6.07, 6.45) is 3.19. The predicted octanol–water partition coefficient (Wildman–Crippen LogP) is 1.95. The molecule has 82 valence electrons. The SMILES string of the molecule is Cc1cccc(CNC(=O)n2cccn2)c1. The molecule has 2 rings (SSSR count). The zero-order chi connectivity index (χ0) is 11.4. The van der Waals surface area contributed by atoms with E-state index in [-0.39, 0.29) is 6.03 Å². The minimum Gasteiger partial charge on any atom is -0.332 e. The van der Waals surface area contributed by atoms with Gasteiger partial charge in [0.15, 0.2) is 0 Å². The Hall–Kier alpha value is -2.10. The number of benzene rings is 1. The van der Waals surface area contributed by atoms with Crippen LogP contribution in [-0.4, -0.2) is 15.8 Å². The van der Waals surface area contributed by atoms with Crippen LogP contribution in [0.25, 0.3) is 0 Å². The summed E-state index contributed by atoms with van der Waals surface area (Å²) < 4.78 is 1.27. The molecule has 4 nitrogen and oxygen atoms in total. The van der Waals surface area contributed by atoms with Crippen molar-refractivity contribution in [1.29, 1.82) is 0 Å². The van der Waals surface area contributed by atoms with Gasteiger partial charge in [0.2, 0.25) is 0 Å². The molecule has 0 bridgehead atoms. The summed E-state index contributed by atoms with van der Waals surface area (Å²) in [7, 11) is 0. The number of hydrogen-bond acceptors (Lipinski definition) is 2. The minimum absolute atomic E-state index is 0.216. The second-order valence-electron chi connectivity index (χ2n) is 3.60. The summed E-state index contributed by atoms with van der Waals surface area (Å²) in [6.45, 7) is 2.54. The Balaban J connectivity index is 1.95. The van der Waals surface area contributed by atoms with E-state index < -0.39 is 0 Å². The lowest BCUT2D eigenvalue weighted by Crippen LogP contribution is -2.28. The average molecular weight is 215 g/mol. The number of nitrogens with zero attached hydrogens (tertiary/aromatic N) is 2. The van der Waals surface area contributed by atoms with Gasteiger partial charge in [-0.3, -0.25) is 0 Å². The Labute approximate surface area is 93.9 Å². The highest BCUT2D eigenvalue weighted by Crippen LogP contribution is 2.03. The Morgan fingerprint density at radius 2 is 2.31 bits per heavy atom. The van der Waals surface area contributed by atoms with E-state index in [0.29, 0.717) is 6.54 Å². The monoisotopic (exact) mass is 215 g/mol. The molecule has 0 aliphatic carbocycles. The van der Waals surface area contributed by atoms with Crippen molar-refractivity contribution in [3.63, 3.8) is 0 Å². The maximum atomic E-state index is 11.6. The number of carbonyl (C=O) groups excluding carboxylic acids is 1. The third-order valence-corrected chi connectivity index (χ3v) is 2.24. The van der Waals surface area contributed by atoms with E-state index in [2.05, 4.69) is 10.4 Å². The van der Waals surface area contributed by atoms with E-state index in [1.807, 2.05) is 31.2 Å². The van der Waals surface area contributed by atoms with Crippen LogP contribution in [0.15, 0.2) is 42.7 Å². The Morgan fingerprint density at radius 1 is 1.44 bits per heavy atom. The first-order valence-electron chi connectivity index (χ1n) is 5.09. The molecule has 1 aromatic carbocycles. The average Bonchev–Trinajstić information content (AvgIpc) is 2.79. The topological polar surface area (TPSA) is 46.9 Å². The largest absolute Gasteiger partial charge is 0.342 e. The fraction of sp³-hybridized carbons (Fsp3) is 0.167. The smallest absolute Gasteiger partial charge is 0.332 e. The van der Waals surface area contributed by atoms with Gasteiger partial charge < -0.3 is 5.32 Å². The van der Waals surface area contributed by atoms with Crippen LogP contribution in [0.2, 0.25) is 0 Å². The van der Waals surface area contributed by atoms with Gasteiger partial charge in [-0.2, -0.15) is 9.78 Å². The standard InChI is InChI=1S/C12H13N3O/c1-10-4-2-5-11(8-10)9-13-12(16)15-7-3-6-14-15/h2-8H,9H2,1H3,(H,13,16). The highest BCUT2D eigenvalue weighted by atomic mass is 16.2. The lowest BCUT2D eigenvalue weighted by molar-refractivity contribution is 0.239. The van der Waals surface area contributed by atoms with E-state index in [4.69, 9.17) is 0 Å². The van der Waals surface area contributed by atoms with Crippen molar-refractivity contribution in [3.05, 3.63) is 53.9 Å².